The van der Waals surface area contributed by atoms with E-state index in [1.165, 1.54) is 51.3 Å². The van der Waals surface area contributed by atoms with Crippen molar-refractivity contribution in [1.29, 1.82) is 0 Å². The summed E-state index contributed by atoms with van der Waals surface area (Å²) in [5, 5.41) is 2.73. The Labute approximate surface area is 192 Å². The molecule has 32 heavy (non-hydrogen) atoms. The van der Waals surface area contributed by atoms with Gasteiger partial charge < -0.3 is 10.3 Å². The van der Waals surface area contributed by atoms with E-state index in [-0.39, 0.29) is 0 Å². The Bertz CT molecular complexity index is 1150. The van der Waals surface area contributed by atoms with Crippen molar-refractivity contribution < 1.29 is 0 Å². The Balaban J connectivity index is 1.64. The van der Waals surface area contributed by atoms with E-state index in [1.807, 2.05) is 0 Å². The van der Waals surface area contributed by atoms with Crippen molar-refractivity contribution in [3.05, 3.63) is 83.4 Å². The van der Waals surface area contributed by atoms with Crippen molar-refractivity contribution in [2.24, 2.45) is 11.7 Å². The molecule has 168 valence electrons. The third-order valence-corrected chi connectivity index (χ3v) is 6.90. The molecule has 3 heteroatoms. The van der Waals surface area contributed by atoms with Crippen molar-refractivity contribution in [2.45, 2.75) is 59.8 Å². The largest absolute Gasteiger partial charge is 0.341 e. The second-order valence-electron chi connectivity index (χ2n) is 8.99. The van der Waals surface area contributed by atoms with Gasteiger partial charge in [-0.15, -0.1) is 0 Å². The summed E-state index contributed by atoms with van der Waals surface area (Å²) in [7, 11) is 0. The fraction of sp³-hybridized carbons (Fsp3) is 0.379. The van der Waals surface area contributed by atoms with E-state index in [9.17, 15) is 0 Å². The molecule has 0 radical (unpaired) electrons. The third-order valence-electron chi connectivity index (χ3n) is 6.90. The first-order chi connectivity index (χ1) is 15.7. The number of hydrogen-bond acceptors (Lipinski definition) is 2. The van der Waals surface area contributed by atoms with Gasteiger partial charge in [0.05, 0.1) is 0 Å². The van der Waals surface area contributed by atoms with Crippen molar-refractivity contribution >= 4 is 21.8 Å². The lowest BCUT2D eigenvalue weighted by Crippen LogP contribution is -2.28. The highest BCUT2D eigenvalue weighted by Gasteiger charge is 2.15. The molecule has 0 saturated carbocycles. The normalized spacial score (nSPS) is 11.9. The molecule has 4 rings (SSSR count). The van der Waals surface area contributed by atoms with E-state index in [0.29, 0.717) is 6.54 Å². The van der Waals surface area contributed by atoms with Gasteiger partial charge in [0, 0.05) is 54.5 Å². The van der Waals surface area contributed by atoms with Gasteiger partial charge in [0.1, 0.15) is 0 Å². The molecule has 0 fully saturated rings. The van der Waals surface area contributed by atoms with Gasteiger partial charge in [-0.1, -0.05) is 75.2 Å². The number of hydrogen-bond donors (Lipinski definition) is 1. The van der Waals surface area contributed by atoms with Crippen molar-refractivity contribution in [2.75, 3.05) is 6.54 Å². The number of para-hydroxylation sites is 1. The molecule has 0 spiro atoms. The van der Waals surface area contributed by atoms with Crippen LogP contribution in [0.15, 0.2) is 66.7 Å². The number of benzene rings is 3. The highest BCUT2D eigenvalue weighted by molar-refractivity contribution is 6.08. The first-order valence-electron chi connectivity index (χ1n) is 12.2. The minimum absolute atomic E-state index is 0.600. The van der Waals surface area contributed by atoms with Crippen LogP contribution in [0.5, 0.6) is 0 Å². The number of nitrogens with zero attached hydrogens (tertiary/aromatic N) is 2. The zero-order valence-electron chi connectivity index (χ0n) is 19.8. The third kappa shape index (κ3) is 4.74. The number of aromatic nitrogens is 1. The summed E-state index contributed by atoms with van der Waals surface area (Å²) in [4.78, 5) is 2.62. The molecule has 0 bridgehead atoms. The maximum atomic E-state index is 5.79. The number of nitrogens with two attached hydrogens (primary N) is 1. The van der Waals surface area contributed by atoms with Gasteiger partial charge in [-0.25, -0.2) is 0 Å². The summed E-state index contributed by atoms with van der Waals surface area (Å²) < 4.78 is 2.43. The maximum absolute atomic E-state index is 5.79. The molecule has 3 aromatic carbocycles. The van der Waals surface area contributed by atoms with Crippen LogP contribution in [0, 0.1) is 5.92 Å². The average Bonchev–Trinajstić information content (AvgIpc) is 3.16. The predicted molar refractivity (Wildman–Crippen MR) is 138 cm³/mol. The minimum atomic E-state index is 0.600. The van der Waals surface area contributed by atoms with Gasteiger partial charge in [-0.2, -0.15) is 0 Å². The van der Waals surface area contributed by atoms with Gasteiger partial charge in [0.2, 0.25) is 0 Å². The topological polar surface area (TPSA) is 34.2 Å². The highest BCUT2D eigenvalue weighted by atomic mass is 15.1. The van der Waals surface area contributed by atoms with E-state index in [1.54, 1.807) is 0 Å². The monoisotopic (exact) mass is 427 g/mol. The lowest BCUT2D eigenvalue weighted by Gasteiger charge is -2.27. The summed E-state index contributed by atoms with van der Waals surface area (Å²) in [6, 6.07) is 24.6. The van der Waals surface area contributed by atoms with Crippen LogP contribution in [0.1, 0.15) is 50.3 Å². The van der Waals surface area contributed by atoms with Gasteiger partial charge >= 0.3 is 0 Å². The van der Waals surface area contributed by atoms with Crippen LogP contribution in [-0.4, -0.2) is 16.0 Å². The number of aryl methyl sites for hydroxylation is 1. The quantitative estimate of drug-likeness (QED) is 0.305. The predicted octanol–water partition coefficient (Wildman–Crippen LogP) is 6.71. The van der Waals surface area contributed by atoms with E-state index in [0.717, 1.165) is 32.1 Å². The minimum Gasteiger partial charge on any atom is -0.341 e. The number of fused-ring (bicyclic) bond motifs is 3. The Morgan fingerprint density at radius 2 is 1.38 bits per heavy atom. The molecule has 0 unspecified atom stereocenters. The van der Waals surface area contributed by atoms with E-state index in [4.69, 9.17) is 5.73 Å². The molecule has 0 atom stereocenters. The van der Waals surface area contributed by atoms with Crippen molar-refractivity contribution in [1.82, 2.24) is 9.47 Å². The standard InChI is InChI=1S/C29H37N3/c1-4-22(5-2)19-31(20-24-13-11-23(18-30)12-14-24)21-25-15-16-29-27(17-25)26-9-7-8-10-28(26)32(29)6-3/h7-17,22H,4-6,18-21,30H2,1-3H3. The molecule has 3 nitrogen and oxygen atoms in total. The Kier molecular flexibility index (Phi) is 7.29. The molecule has 0 aliphatic heterocycles. The first-order valence-corrected chi connectivity index (χ1v) is 12.2. The lowest BCUT2D eigenvalue weighted by atomic mass is 10.0. The molecule has 1 aromatic heterocycles. The second-order valence-corrected chi connectivity index (χ2v) is 8.99. The summed E-state index contributed by atoms with van der Waals surface area (Å²) in [5.41, 5.74) is 12.4. The van der Waals surface area contributed by atoms with Crippen LogP contribution in [0.3, 0.4) is 0 Å². The zero-order chi connectivity index (χ0) is 22.5. The second kappa shape index (κ2) is 10.3. The Morgan fingerprint density at radius 3 is 2.06 bits per heavy atom. The van der Waals surface area contributed by atoms with Crippen molar-refractivity contribution in [3.63, 3.8) is 0 Å². The van der Waals surface area contributed by atoms with Crippen LogP contribution >= 0.6 is 0 Å². The van der Waals surface area contributed by atoms with Gasteiger partial charge in [0.25, 0.3) is 0 Å². The lowest BCUT2D eigenvalue weighted by molar-refractivity contribution is 0.208. The molecule has 0 amide bonds. The highest BCUT2D eigenvalue weighted by Crippen LogP contribution is 2.30. The van der Waals surface area contributed by atoms with Crippen LogP contribution in [0.2, 0.25) is 0 Å². The SMILES string of the molecule is CCC(CC)CN(Cc1ccc(CN)cc1)Cc1ccc2c(c1)c1ccccc1n2CC. The molecule has 0 aliphatic carbocycles. The molecule has 4 aromatic rings. The van der Waals surface area contributed by atoms with Crippen molar-refractivity contribution in [3.8, 4) is 0 Å². The zero-order valence-corrected chi connectivity index (χ0v) is 19.8. The Morgan fingerprint density at radius 1 is 0.750 bits per heavy atom. The smallest absolute Gasteiger partial charge is 0.0491 e. The van der Waals surface area contributed by atoms with Crippen LogP contribution < -0.4 is 5.73 Å². The summed E-state index contributed by atoms with van der Waals surface area (Å²) >= 11 is 0. The van der Waals surface area contributed by atoms with Crippen LogP contribution in [-0.2, 0) is 26.2 Å². The van der Waals surface area contributed by atoms with E-state index < -0.39 is 0 Å². The molecule has 2 N–H and O–H groups in total. The van der Waals surface area contributed by atoms with Crippen LogP contribution in [0.25, 0.3) is 21.8 Å². The molecular weight excluding hydrogens is 390 g/mol. The summed E-state index contributed by atoms with van der Waals surface area (Å²) in [5.74, 6) is 0.726. The first kappa shape index (κ1) is 22.6. The average molecular weight is 428 g/mol. The molecule has 0 aliphatic rings. The molecule has 0 saturated heterocycles. The van der Waals surface area contributed by atoms with Gasteiger partial charge in [0.15, 0.2) is 0 Å². The molecule has 1 heterocycles. The summed E-state index contributed by atoms with van der Waals surface area (Å²) in [6.07, 6.45) is 2.45. The number of rotatable bonds is 10. The Hall–Kier alpha value is -2.62. The fourth-order valence-corrected chi connectivity index (χ4v) is 4.93. The van der Waals surface area contributed by atoms with E-state index >= 15 is 0 Å². The van der Waals surface area contributed by atoms with Crippen LogP contribution in [0.4, 0.5) is 0 Å². The fourth-order valence-electron chi connectivity index (χ4n) is 4.93. The van der Waals surface area contributed by atoms with Gasteiger partial charge in [-0.05, 0) is 47.7 Å². The van der Waals surface area contributed by atoms with E-state index in [2.05, 4.69) is 97.0 Å². The maximum Gasteiger partial charge on any atom is 0.0491 e. The van der Waals surface area contributed by atoms with Gasteiger partial charge in [-0.3, -0.25) is 4.90 Å². The molecular formula is C29H37N3. The summed E-state index contributed by atoms with van der Waals surface area (Å²) in [6.45, 7) is 11.5.